The van der Waals surface area contributed by atoms with Gasteiger partial charge in [-0.2, -0.15) is 11.3 Å². The van der Waals surface area contributed by atoms with E-state index in [2.05, 4.69) is 22.7 Å². The minimum atomic E-state index is 0.650. The van der Waals surface area contributed by atoms with E-state index in [-0.39, 0.29) is 0 Å². The van der Waals surface area contributed by atoms with Crippen molar-refractivity contribution in [2.75, 3.05) is 6.61 Å². The summed E-state index contributed by atoms with van der Waals surface area (Å²) in [5, 5.41) is 4.16. The molecule has 0 spiro atoms. The van der Waals surface area contributed by atoms with Crippen LogP contribution in [0, 0.1) is 12.3 Å². The third-order valence-electron chi connectivity index (χ3n) is 2.24. The predicted octanol–water partition coefficient (Wildman–Crippen LogP) is 3.80. The first-order valence-electron chi connectivity index (χ1n) is 5.10. The average molecular weight is 228 g/mol. The molecule has 16 heavy (non-hydrogen) atoms. The van der Waals surface area contributed by atoms with E-state index in [0.29, 0.717) is 6.61 Å². The van der Waals surface area contributed by atoms with E-state index in [1.165, 1.54) is 5.56 Å². The van der Waals surface area contributed by atoms with Crippen LogP contribution < -0.4 is 4.74 Å². The Morgan fingerprint density at radius 2 is 2.19 bits per heavy atom. The van der Waals surface area contributed by atoms with E-state index in [1.54, 1.807) is 11.3 Å². The van der Waals surface area contributed by atoms with Crippen molar-refractivity contribution in [1.29, 1.82) is 0 Å². The van der Waals surface area contributed by atoms with Gasteiger partial charge in [-0.3, -0.25) is 0 Å². The highest BCUT2D eigenvalue weighted by molar-refractivity contribution is 7.08. The Bertz CT molecular complexity index is 506. The van der Waals surface area contributed by atoms with Gasteiger partial charge in [0.15, 0.2) is 0 Å². The van der Waals surface area contributed by atoms with E-state index in [1.807, 2.05) is 25.1 Å². The zero-order chi connectivity index (χ0) is 11.4. The lowest BCUT2D eigenvalue weighted by atomic mass is 10.1. The Labute approximate surface area is 99.7 Å². The van der Waals surface area contributed by atoms with Gasteiger partial charge in [0.1, 0.15) is 5.75 Å². The molecule has 0 aliphatic heterocycles. The van der Waals surface area contributed by atoms with Gasteiger partial charge in [-0.1, -0.05) is 5.92 Å². The van der Waals surface area contributed by atoms with Gasteiger partial charge in [0.25, 0.3) is 0 Å². The molecule has 1 aromatic carbocycles. The van der Waals surface area contributed by atoms with E-state index in [4.69, 9.17) is 11.2 Å². The van der Waals surface area contributed by atoms with Crippen LogP contribution in [0.25, 0.3) is 11.1 Å². The molecule has 0 saturated carbocycles. The number of rotatable bonds is 3. The minimum absolute atomic E-state index is 0.650. The van der Waals surface area contributed by atoms with Crippen LogP contribution >= 0.6 is 11.3 Å². The van der Waals surface area contributed by atoms with Crippen LogP contribution in [0.1, 0.15) is 12.5 Å². The molecule has 2 rings (SSSR count). The highest BCUT2D eigenvalue weighted by Crippen LogP contribution is 2.27. The Kier molecular flexibility index (Phi) is 3.28. The Balaban J connectivity index is 2.46. The monoisotopic (exact) mass is 228 g/mol. The smallest absolute Gasteiger partial charge is 0.121 e. The van der Waals surface area contributed by atoms with E-state index < -0.39 is 0 Å². The van der Waals surface area contributed by atoms with Crippen molar-refractivity contribution in [3.05, 3.63) is 40.6 Å². The number of thiophene rings is 1. The van der Waals surface area contributed by atoms with Crippen LogP contribution in [-0.4, -0.2) is 6.61 Å². The molecular weight excluding hydrogens is 216 g/mol. The zero-order valence-corrected chi connectivity index (χ0v) is 9.88. The van der Waals surface area contributed by atoms with Crippen LogP contribution in [0.15, 0.2) is 35.0 Å². The third-order valence-corrected chi connectivity index (χ3v) is 2.92. The fraction of sp³-hybridized carbons (Fsp3) is 0.143. The lowest BCUT2D eigenvalue weighted by Gasteiger charge is -2.06. The SMILES string of the molecule is C#Cc1cc(OCC)cc(-c2ccsc2)c1. The summed E-state index contributed by atoms with van der Waals surface area (Å²) in [5.41, 5.74) is 3.15. The van der Waals surface area contributed by atoms with Crippen LogP contribution in [0.4, 0.5) is 0 Å². The molecule has 2 heteroatoms. The van der Waals surface area contributed by atoms with Gasteiger partial charge in [0.05, 0.1) is 6.61 Å². The van der Waals surface area contributed by atoms with Crippen molar-refractivity contribution >= 4 is 11.3 Å². The fourth-order valence-corrected chi connectivity index (χ4v) is 2.19. The molecule has 80 valence electrons. The van der Waals surface area contributed by atoms with Crippen molar-refractivity contribution in [2.45, 2.75) is 6.92 Å². The summed E-state index contributed by atoms with van der Waals surface area (Å²) in [5.74, 6) is 3.48. The van der Waals surface area contributed by atoms with Crippen molar-refractivity contribution in [1.82, 2.24) is 0 Å². The maximum Gasteiger partial charge on any atom is 0.121 e. The van der Waals surface area contributed by atoms with Crippen LogP contribution in [-0.2, 0) is 0 Å². The van der Waals surface area contributed by atoms with Crippen LogP contribution in [0.5, 0.6) is 5.75 Å². The normalized spacial score (nSPS) is 9.75. The predicted molar refractivity (Wildman–Crippen MR) is 68.9 cm³/mol. The average Bonchev–Trinajstić information content (AvgIpc) is 2.82. The lowest BCUT2D eigenvalue weighted by molar-refractivity contribution is 0.340. The maximum atomic E-state index is 5.49. The van der Waals surface area contributed by atoms with Gasteiger partial charge < -0.3 is 4.74 Å². The molecule has 0 unspecified atom stereocenters. The fourth-order valence-electron chi connectivity index (χ4n) is 1.53. The molecule has 0 radical (unpaired) electrons. The van der Waals surface area contributed by atoms with E-state index in [9.17, 15) is 0 Å². The molecule has 0 bridgehead atoms. The molecule has 0 aliphatic carbocycles. The van der Waals surface area contributed by atoms with Gasteiger partial charge >= 0.3 is 0 Å². The summed E-state index contributed by atoms with van der Waals surface area (Å²) in [6.07, 6.45) is 5.43. The standard InChI is InChI=1S/C14H12OS/c1-3-11-7-13(12-5-6-16-10-12)9-14(8-11)15-4-2/h1,5-10H,4H2,2H3. The van der Waals surface area contributed by atoms with Crippen molar-refractivity contribution in [2.24, 2.45) is 0 Å². The summed E-state index contributed by atoms with van der Waals surface area (Å²) in [4.78, 5) is 0. The van der Waals surface area contributed by atoms with Gasteiger partial charge in [0, 0.05) is 5.56 Å². The minimum Gasteiger partial charge on any atom is -0.494 e. The quantitative estimate of drug-likeness (QED) is 0.726. The Morgan fingerprint density at radius 3 is 2.81 bits per heavy atom. The summed E-state index contributed by atoms with van der Waals surface area (Å²) in [7, 11) is 0. The second kappa shape index (κ2) is 4.87. The molecule has 0 fully saturated rings. The second-order valence-electron chi connectivity index (χ2n) is 3.34. The van der Waals surface area contributed by atoms with E-state index in [0.717, 1.165) is 16.9 Å². The number of hydrogen-bond acceptors (Lipinski definition) is 2. The maximum absolute atomic E-state index is 5.49. The number of terminal acetylenes is 1. The molecule has 0 aliphatic rings. The third kappa shape index (κ3) is 2.26. The zero-order valence-electron chi connectivity index (χ0n) is 9.07. The Morgan fingerprint density at radius 1 is 1.31 bits per heavy atom. The summed E-state index contributed by atoms with van der Waals surface area (Å²) >= 11 is 1.67. The summed E-state index contributed by atoms with van der Waals surface area (Å²) in [6, 6.07) is 7.99. The molecule has 1 nitrogen and oxygen atoms in total. The molecule has 1 aromatic heterocycles. The number of benzene rings is 1. The van der Waals surface area contributed by atoms with E-state index >= 15 is 0 Å². The topological polar surface area (TPSA) is 9.23 Å². The molecule has 0 amide bonds. The highest BCUT2D eigenvalue weighted by atomic mass is 32.1. The van der Waals surface area contributed by atoms with Gasteiger partial charge in [-0.15, -0.1) is 6.42 Å². The van der Waals surface area contributed by atoms with Crippen molar-refractivity contribution in [3.63, 3.8) is 0 Å². The molecule has 2 aromatic rings. The molecule has 0 saturated heterocycles. The molecule has 0 atom stereocenters. The first-order valence-corrected chi connectivity index (χ1v) is 6.05. The van der Waals surface area contributed by atoms with Gasteiger partial charge in [-0.25, -0.2) is 0 Å². The summed E-state index contributed by atoms with van der Waals surface area (Å²) < 4.78 is 5.49. The molecule has 0 N–H and O–H groups in total. The number of hydrogen-bond donors (Lipinski definition) is 0. The second-order valence-corrected chi connectivity index (χ2v) is 4.12. The number of ether oxygens (including phenoxy) is 1. The highest BCUT2D eigenvalue weighted by Gasteiger charge is 2.03. The van der Waals surface area contributed by atoms with Gasteiger partial charge in [-0.05, 0) is 53.1 Å². The van der Waals surface area contributed by atoms with Crippen molar-refractivity contribution in [3.8, 4) is 29.2 Å². The van der Waals surface area contributed by atoms with Crippen LogP contribution in [0.2, 0.25) is 0 Å². The van der Waals surface area contributed by atoms with Crippen LogP contribution in [0.3, 0.4) is 0 Å². The molecular formula is C14H12OS. The first kappa shape index (κ1) is 10.8. The van der Waals surface area contributed by atoms with Gasteiger partial charge in [0.2, 0.25) is 0 Å². The summed E-state index contributed by atoms with van der Waals surface area (Å²) in [6.45, 7) is 2.61. The first-order chi connectivity index (χ1) is 7.83. The Hall–Kier alpha value is -1.72. The largest absolute Gasteiger partial charge is 0.494 e. The van der Waals surface area contributed by atoms with Crippen molar-refractivity contribution < 1.29 is 4.74 Å². The molecule has 1 heterocycles. The lowest BCUT2D eigenvalue weighted by Crippen LogP contribution is -1.92.